The minimum atomic E-state index is 0.201. The third-order valence-electron chi connectivity index (χ3n) is 4.97. The molecule has 2 N–H and O–H groups in total. The molecule has 1 saturated carbocycles. The summed E-state index contributed by atoms with van der Waals surface area (Å²) in [4.78, 5) is 2.44. The Bertz CT molecular complexity index is 238. The molecule has 0 radical (unpaired) electrons. The van der Waals surface area contributed by atoms with Gasteiger partial charge in [0.2, 0.25) is 0 Å². The number of nitrogens with one attached hydrogen (secondary N) is 1. The van der Waals surface area contributed by atoms with Crippen LogP contribution in [-0.4, -0.2) is 48.8 Å². The van der Waals surface area contributed by atoms with E-state index in [0.717, 1.165) is 6.54 Å². The lowest BCUT2D eigenvalue weighted by Gasteiger charge is -2.37. The van der Waals surface area contributed by atoms with Gasteiger partial charge in [-0.25, -0.2) is 0 Å². The van der Waals surface area contributed by atoms with Crippen molar-refractivity contribution >= 4 is 0 Å². The fourth-order valence-electron chi connectivity index (χ4n) is 3.35. The zero-order valence-corrected chi connectivity index (χ0v) is 11.4. The van der Waals surface area contributed by atoms with E-state index in [0.29, 0.717) is 18.7 Å². The molecular formula is C14H28N2O. The summed E-state index contributed by atoms with van der Waals surface area (Å²) in [6.45, 7) is 4.89. The Morgan fingerprint density at radius 2 is 2.06 bits per heavy atom. The maximum absolute atomic E-state index is 9.59. The molecule has 2 unspecified atom stereocenters. The summed E-state index contributed by atoms with van der Waals surface area (Å²) in [6, 6.07) is 1.35. The predicted molar refractivity (Wildman–Crippen MR) is 71.1 cm³/mol. The van der Waals surface area contributed by atoms with Gasteiger partial charge < -0.3 is 15.3 Å². The van der Waals surface area contributed by atoms with Crippen molar-refractivity contribution in [2.24, 2.45) is 5.41 Å². The minimum Gasteiger partial charge on any atom is -0.396 e. The second-order valence-corrected chi connectivity index (χ2v) is 6.30. The molecule has 3 nitrogen and oxygen atoms in total. The molecule has 2 atom stereocenters. The first kappa shape index (κ1) is 13.3. The first-order valence-electron chi connectivity index (χ1n) is 7.20. The van der Waals surface area contributed by atoms with Crippen molar-refractivity contribution < 1.29 is 5.11 Å². The SMILES string of the molecule is CC1CC(NCC2(CO)CCCC2)CCN1C. The van der Waals surface area contributed by atoms with Gasteiger partial charge in [0.05, 0.1) is 0 Å². The zero-order chi connectivity index (χ0) is 12.3. The highest BCUT2D eigenvalue weighted by Gasteiger charge is 2.34. The number of nitrogens with zero attached hydrogens (tertiary/aromatic N) is 1. The second-order valence-electron chi connectivity index (χ2n) is 6.30. The summed E-state index contributed by atoms with van der Waals surface area (Å²) >= 11 is 0. The molecule has 1 saturated heterocycles. The van der Waals surface area contributed by atoms with Crippen LogP contribution in [0.4, 0.5) is 0 Å². The van der Waals surface area contributed by atoms with Crippen molar-refractivity contribution in [3.05, 3.63) is 0 Å². The Morgan fingerprint density at radius 1 is 1.35 bits per heavy atom. The minimum absolute atomic E-state index is 0.201. The average molecular weight is 240 g/mol. The third kappa shape index (κ3) is 3.21. The van der Waals surface area contributed by atoms with Crippen molar-refractivity contribution in [1.82, 2.24) is 10.2 Å². The van der Waals surface area contributed by atoms with E-state index >= 15 is 0 Å². The number of likely N-dealkylation sites (tertiary alicyclic amines) is 1. The first-order valence-corrected chi connectivity index (χ1v) is 7.20. The van der Waals surface area contributed by atoms with Crippen LogP contribution >= 0.6 is 0 Å². The molecular weight excluding hydrogens is 212 g/mol. The maximum Gasteiger partial charge on any atom is 0.0499 e. The fraction of sp³-hybridized carbons (Fsp3) is 1.00. The van der Waals surface area contributed by atoms with Crippen LogP contribution < -0.4 is 5.32 Å². The standard InChI is InChI=1S/C14H28N2O/c1-12-9-13(5-8-16(12)2)15-10-14(11-17)6-3-4-7-14/h12-13,15,17H,3-11H2,1-2H3. The van der Waals surface area contributed by atoms with Gasteiger partial charge in [-0.2, -0.15) is 0 Å². The number of rotatable bonds is 4. The molecule has 2 fully saturated rings. The molecule has 1 aliphatic heterocycles. The summed E-state index contributed by atoms with van der Waals surface area (Å²) < 4.78 is 0. The number of aliphatic hydroxyl groups is 1. The first-order chi connectivity index (χ1) is 8.15. The molecule has 1 heterocycles. The Labute approximate surface area is 106 Å². The Kier molecular flexibility index (Phi) is 4.45. The van der Waals surface area contributed by atoms with Gasteiger partial charge >= 0.3 is 0 Å². The van der Waals surface area contributed by atoms with Crippen molar-refractivity contribution in [2.75, 3.05) is 26.7 Å². The fourth-order valence-corrected chi connectivity index (χ4v) is 3.35. The lowest BCUT2D eigenvalue weighted by molar-refractivity contribution is 0.111. The highest BCUT2D eigenvalue weighted by atomic mass is 16.3. The van der Waals surface area contributed by atoms with Gasteiger partial charge in [0.1, 0.15) is 0 Å². The van der Waals surface area contributed by atoms with Crippen molar-refractivity contribution in [2.45, 2.75) is 57.5 Å². The molecule has 2 aliphatic rings. The van der Waals surface area contributed by atoms with Gasteiger partial charge in [-0.15, -0.1) is 0 Å². The number of hydrogen-bond acceptors (Lipinski definition) is 3. The summed E-state index contributed by atoms with van der Waals surface area (Å²) in [5.41, 5.74) is 0.201. The van der Waals surface area contributed by atoms with Crippen molar-refractivity contribution in [3.8, 4) is 0 Å². The molecule has 0 amide bonds. The smallest absolute Gasteiger partial charge is 0.0499 e. The van der Waals surface area contributed by atoms with Gasteiger partial charge in [-0.3, -0.25) is 0 Å². The molecule has 17 heavy (non-hydrogen) atoms. The maximum atomic E-state index is 9.59. The lowest BCUT2D eigenvalue weighted by Crippen LogP contribution is -2.48. The van der Waals surface area contributed by atoms with Crippen molar-refractivity contribution in [1.29, 1.82) is 0 Å². The van der Waals surface area contributed by atoms with Crippen LogP contribution in [0.2, 0.25) is 0 Å². The molecule has 100 valence electrons. The second kappa shape index (κ2) is 5.68. The van der Waals surface area contributed by atoms with Crippen LogP contribution in [0.15, 0.2) is 0 Å². The van der Waals surface area contributed by atoms with E-state index in [1.165, 1.54) is 45.1 Å². The van der Waals surface area contributed by atoms with Crippen LogP contribution in [0.1, 0.15) is 45.4 Å². The van der Waals surface area contributed by atoms with Gasteiger partial charge in [-0.05, 0) is 46.2 Å². The topological polar surface area (TPSA) is 35.5 Å². The monoisotopic (exact) mass is 240 g/mol. The zero-order valence-electron chi connectivity index (χ0n) is 11.4. The van der Waals surface area contributed by atoms with E-state index in [9.17, 15) is 5.11 Å². The van der Waals surface area contributed by atoms with Crippen molar-refractivity contribution in [3.63, 3.8) is 0 Å². The van der Waals surface area contributed by atoms with Gasteiger partial charge in [0, 0.05) is 30.7 Å². The molecule has 0 aromatic carbocycles. The normalized spacial score (nSPS) is 34.1. The third-order valence-corrected chi connectivity index (χ3v) is 4.97. The summed E-state index contributed by atoms with van der Waals surface area (Å²) in [5, 5.41) is 13.3. The van der Waals surface area contributed by atoms with E-state index in [1.54, 1.807) is 0 Å². The van der Waals surface area contributed by atoms with Gasteiger partial charge in [-0.1, -0.05) is 12.8 Å². The van der Waals surface area contributed by atoms with Crippen LogP contribution in [0.5, 0.6) is 0 Å². The van der Waals surface area contributed by atoms with Gasteiger partial charge in [0.15, 0.2) is 0 Å². The Balaban J connectivity index is 1.78. The van der Waals surface area contributed by atoms with E-state index in [4.69, 9.17) is 0 Å². The van der Waals surface area contributed by atoms with Gasteiger partial charge in [0.25, 0.3) is 0 Å². The number of piperidine rings is 1. The summed E-state index contributed by atoms with van der Waals surface area (Å²) in [5.74, 6) is 0. The molecule has 1 aliphatic carbocycles. The molecule has 0 bridgehead atoms. The predicted octanol–water partition coefficient (Wildman–Crippen LogP) is 1.61. The molecule has 0 aromatic heterocycles. The summed E-state index contributed by atoms with van der Waals surface area (Å²) in [7, 11) is 2.22. The van der Waals surface area contributed by atoms with E-state index in [2.05, 4.69) is 24.2 Å². The molecule has 0 aromatic rings. The van der Waals surface area contributed by atoms with E-state index in [-0.39, 0.29) is 5.41 Å². The molecule has 3 heteroatoms. The Morgan fingerprint density at radius 3 is 2.65 bits per heavy atom. The van der Waals surface area contributed by atoms with Crippen LogP contribution in [0.3, 0.4) is 0 Å². The quantitative estimate of drug-likeness (QED) is 0.784. The average Bonchev–Trinajstić information content (AvgIpc) is 2.80. The van der Waals surface area contributed by atoms with Crippen LogP contribution in [0.25, 0.3) is 0 Å². The molecule has 0 spiro atoms. The number of aliphatic hydroxyl groups excluding tert-OH is 1. The van der Waals surface area contributed by atoms with Crippen LogP contribution in [0, 0.1) is 5.41 Å². The number of hydrogen-bond donors (Lipinski definition) is 2. The van der Waals surface area contributed by atoms with E-state index < -0.39 is 0 Å². The van der Waals surface area contributed by atoms with Crippen LogP contribution in [-0.2, 0) is 0 Å². The highest BCUT2D eigenvalue weighted by molar-refractivity contribution is 4.89. The lowest BCUT2D eigenvalue weighted by atomic mass is 9.86. The Hall–Kier alpha value is -0.120. The largest absolute Gasteiger partial charge is 0.396 e. The highest BCUT2D eigenvalue weighted by Crippen LogP contribution is 2.37. The van der Waals surface area contributed by atoms with E-state index in [1.807, 2.05) is 0 Å². The molecule has 2 rings (SSSR count). The summed E-state index contributed by atoms with van der Waals surface area (Å²) in [6.07, 6.45) is 7.51.